The van der Waals surface area contributed by atoms with Gasteiger partial charge in [-0.25, -0.2) is 0 Å². The Morgan fingerprint density at radius 2 is 1.29 bits per heavy atom. The van der Waals surface area contributed by atoms with Crippen LogP contribution in [0.2, 0.25) is 0 Å². The van der Waals surface area contributed by atoms with Crippen molar-refractivity contribution in [1.29, 1.82) is 0 Å². The molecule has 3 nitrogen and oxygen atoms in total. The van der Waals surface area contributed by atoms with E-state index in [-0.39, 0.29) is 5.66 Å². The zero-order chi connectivity index (χ0) is 14.9. The summed E-state index contributed by atoms with van der Waals surface area (Å²) in [6.07, 6.45) is 0. The van der Waals surface area contributed by atoms with E-state index in [0.717, 1.165) is 22.3 Å². The third kappa shape index (κ3) is 2.36. The van der Waals surface area contributed by atoms with Gasteiger partial charge in [0.15, 0.2) is 0 Å². The summed E-state index contributed by atoms with van der Waals surface area (Å²) < 4.78 is 24.5. The summed E-state index contributed by atoms with van der Waals surface area (Å²) >= 11 is 0. The first-order chi connectivity index (χ1) is 10.2. The van der Waals surface area contributed by atoms with Gasteiger partial charge in [-0.3, -0.25) is 4.57 Å². The molecule has 4 heteroatoms. The quantitative estimate of drug-likeness (QED) is 0.727. The fourth-order valence-corrected chi connectivity index (χ4v) is 5.24. The largest absolute Gasteiger partial charge is 0.342 e. The lowest BCUT2D eigenvalue weighted by molar-refractivity contribution is 0.215. The van der Waals surface area contributed by atoms with E-state index in [1.165, 1.54) is 0 Å². The Bertz CT molecular complexity index is 640. The van der Waals surface area contributed by atoms with E-state index in [2.05, 4.69) is 12.1 Å². The third-order valence-corrected chi connectivity index (χ3v) is 6.16. The molecule has 0 bridgehead atoms. The Morgan fingerprint density at radius 1 is 0.857 bits per heavy atom. The van der Waals surface area contributed by atoms with Crippen molar-refractivity contribution in [3.05, 3.63) is 59.7 Å². The van der Waals surface area contributed by atoms with Gasteiger partial charge in [0, 0.05) is 0 Å². The van der Waals surface area contributed by atoms with E-state index in [0.29, 0.717) is 13.2 Å². The van der Waals surface area contributed by atoms with Crippen LogP contribution in [-0.2, 0) is 13.6 Å². The van der Waals surface area contributed by atoms with Gasteiger partial charge >= 0.3 is 7.60 Å². The molecule has 0 N–H and O–H groups in total. The molecule has 2 aromatic rings. The van der Waals surface area contributed by atoms with Crippen molar-refractivity contribution in [3.8, 4) is 11.1 Å². The van der Waals surface area contributed by atoms with Crippen molar-refractivity contribution in [2.45, 2.75) is 19.5 Å². The second kappa shape index (κ2) is 5.76. The molecule has 21 heavy (non-hydrogen) atoms. The Balaban J connectivity index is 2.20. The summed E-state index contributed by atoms with van der Waals surface area (Å²) in [4.78, 5) is 0. The van der Waals surface area contributed by atoms with Crippen LogP contribution >= 0.6 is 7.60 Å². The number of hydrogen-bond acceptors (Lipinski definition) is 3. The predicted molar refractivity (Wildman–Crippen MR) is 84.6 cm³/mol. The lowest BCUT2D eigenvalue weighted by Crippen LogP contribution is -2.05. The molecule has 110 valence electrons. The molecule has 0 spiro atoms. The fraction of sp³-hybridized carbons (Fsp3) is 0.294. The van der Waals surface area contributed by atoms with Gasteiger partial charge in [-0.15, -0.1) is 0 Å². The molecule has 1 aliphatic carbocycles. The van der Waals surface area contributed by atoms with Gasteiger partial charge in [0.2, 0.25) is 0 Å². The van der Waals surface area contributed by atoms with E-state index in [4.69, 9.17) is 9.05 Å². The molecule has 0 amide bonds. The zero-order valence-electron chi connectivity index (χ0n) is 12.3. The van der Waals surface area contributed by atoms with Crippen molar-refractivity contribution >= 4 is 7.60 Å². The standard InChI is InChI=1S/C17H19O3P/c1-3-19-21(18,20-4-2)17-15-11-7-5-9-13(15)14-10-6-8-12-16(14)17/h5-12,17H,3-4H2,1-2H3. The smallest absolute Gasteiger partial charge is 0.308 e. The highest BCUT2D eigenvalue weighted by atomic mass is 31.2. The molecule has 1 aliphatic rings. The van der Waals surface area contributed by atoms with Crippen LogP contribution in [0.25, 0.3) is 11.1 Å². The molecule has 0 saturated heterocycles. The minimum Gasteiger partial charge on any atom is -0.308 e. The number of hydrogen-bond donors (Lipinski definition) is 0. The second-order valence-corrected chi connectivity index (χ2v) is 7.06. The van der Waals surface area contributed by atoms with Crippen LogP contribution in [0.15, 0.2) is 48.5 Å². The summed E-state index contributed by atoms with van der Waals surface area (Å²) in [5.74, 6) is 0. The monoisotopic (exact) mass is 302 g/mol. The maximum Gasteiger partial charge on any atom is 0.342 e. The van der Waals surface area contributed by atoms with Gasteiger partial charge in [0.05, 0.1) is 13.2 Å². The van der Waals surface area contributed by atoms with Crippen LogP contribution in [0.5, 0.6) is 0 Å². The zero-order valence-corrected chi connectivity index (χ0v) is 13.2. The van der Waals surface area contributed by atoms with E-state index in [1.807, 2.05) is 50.2 Å². The molecule has 2 aromatic carbocycles. The maximum atomic E-state index is 13.3. The normalized spacial score (nSPS) is 14.0. The van der Waals surface area contributed by atoms with E-state index in [1.54, 1.807) is 0 Å². The molecule has 3 rings (SSSR count). The van der Waals surface area contributed by atoms with Crippen molar-refractivity contribution in [1.82, 2.24) is 0 Å². The highest BCUT2D eigenvalue weighted by Crippen LogP contribution is 2.68. The second-order valence-electron chi connectivity index (χ2n) is 4.95. The molecule has 0 radical (unpaired) electrons. The lowest BCUT2D eigenvalue weighted by Gasteiger charge is -2.24. The summed E-state index contributed by atoms with van der Waals surface area (Å²) in [6.45, 7) is 4.44. The molecule has 0 aliphatic heterocycles. The van der Waals surface area contributed by atoms with Crippen molar-refractivity contribution in [3.63, 3.8) is 0 Å². The summed E-state index contributed by atoms with van der Waals surface area (Å²) in [5.41, 5.74) is 3.98. The minimum absolute atomic E-state index is 0.329. The van der Waals surface area contributed by atoms with Gasteiger partial charge < -0.3 is 9.05 Å². The molecular formula is C17H19O3P. The van der Waals surface area contributed by atoms with Crippen LogP contribution in [-0.4, -0.2) is 13.2 Å². The van der Waals surface area contributed by atoms with Gasteiger partial charge in [0.1, 0.15) is 5.66 Å². The molecule has 0 saturated carbocycles. The third-order valence-electron chi connectivity index (χ3n) is 3.74. The summed E-state index contributed by atoms with van der Waals surface area (Å²) in [6, 6.07) is 16.1. The van der Waals surface area contributed by atoms with Crippen LogP contribution < -0.4 is 0 Å². The average Bonchev–Trinajstić information content (AvgIpc) is 2.83. The average molecular weight is 302 g/mol. The van der Waals surface area contributed by atoms with Crippen LogP contribution in [0, 0.1) is 0 Å². The lowest BCUT2D eigenvalue weighted by atomic mass is 10.1. The first-order valence-electron chi connectivity index (χ1n) is 7.28. The van der Waals surface area contributed by atoms with E-state index in [9.17, 15) is 4.57 Å². The van der Waals surface area contributed by atoms with Gasteiger partial charge in [-0.05, 0) is 36.1 Å². The van der Waals surface area contributed by atoms with Crippen molar-refractivity contribution < 1.29 is 13.6 Å². The molecule has 0 unspecified atom stereocenters. The SMILES string of the molecule is CCOP(=O)(OCC)C1c2ccccc2-c2ccccc21. The maximum absolute atomic E-state index is 13.3. The first-order valence-corrected chi connectivity index (χ1v) is 8.89. The Morgan fingerprint density at radius 3 is 1.71 bits per heavy atom. The number of fused-ring (bicyclic) bond motifs is 3. The first kappa shape index (κ1) is 14.5. The van der Waals surface area contributed by atoms with Crippen LogP contribution in [0.3, 0.4) is 0 Å². The topological polar surface area (TPSA) is 35.5 Å². The van der Waals surface area contributed by atoms with E-state index >= 15 is 0 Å². The van der Waals surface area contributed by atoms with Gasteiger partial charge in [-0.1, -0.05) is 48.5 Å². The van der Waals surface area contributed by atoms with Gasteiger partial charge in [0.25, 0.3) is 0 Å². The van der Waals surface area contributed by atoms with Crippen LogP contribution in [0.4, 0.5) is 0 Å². The Labute approximate surface area is 125 Å². The summed E-state index contributed by atoms with van der Waals surface area (Å²) in [5, 5.41) is 0. The van der Waals surface area contributed by atoms with Crippen molar-refractivity contribution in [2.24, 2.45) is 0 Å². The van der Waals surface area contributed by atoms with Gasteiger partial charge in [-0.2, -0.15) is 0 Å². The van der Waals surface area contributed by atoms with E-state index < -0.39 is 7.60 Å². The molecule has 0 fully saturated rings. The molecule has 0 heterocycles. The Hall–Kier alpha value is -1.41. The number of rotatable bonds is 5. The predicted octanol–water partition coefficient (Wildman–Crippen LogP) is 5.02. The molecular weight excluding hydrogens is 283 g/mol. The number of benzene rings is 2. The highest BCUT2D eigenvalue weighted by Gasteiger charge is 2.43. The minimum atomic E-state index is -3.23. The van der Waals surface area contributed by atoms with Crippen molar-refractivity contribution in [2.75, 3.05) is 13.2 Å². The Kier molecular flexibility index (Phi) is 3.99. The summed E-state index contributed by atoms with van der Waals surface area (Å²) in [7, 11) is -3.23. The van der Waals surface area contributed by atoms with Crippen LogP contribution in [0.1, 0.15) is 30.6 Å². The highest BCUT2D eigenvalue weighted by molar-refractivity contribution is 7.54. The molecule has 0 atom stereocenters. The molecule has 0 aromatic heterocycles. The fourth-order valence-electron chi connectivity index (χ4n) is 3.02.